The quantitative estimate of drug-likeness (QED) is 0.0348. The Morgan fingerprint density at radius 2 is 0.767 bits per heavy atom. The Bertz CT molecular complexity index is 1370. The Labute approximate surface area is 469 Å². The second-order valence-electron chi connectivity index (χ2n) is 22.6. The molecule has 0 aromatic carbocycles. The fourth-order valence-corrected chi connectivity index (χ4v) is 28.0. The van der Waals surface area contributed by atoms with Crippen molar-refractivity contribution < 1.29 is 37.9 Å². The molecule has 3 aliphatic heterocycles. The number of aliphatic hydroxyl groups excluding tert-OH is 2. The van der Waals surface area contributed by atoms with Crippen LogP contribution in [0.5, 0.6) is 0 Å². The van der Waals surface area contributed by atoms with Gasteiger partial charge in [-0.15, -0.1) is 12.4 Å². The molecule has 0 aliphatic carbocycles. The van der Waals surface area contributed by atoms with Gasteiger partial charge in [-0.1, -0.05) is 147 Å². The average Bonchev–Trinajstić information content (AvgIpc) is 3.29. The third-order valence-corrected chi connectivity index (χ3v) is 33.0. The standard InChI is InChI=1S/C15H32N2O2Si.C13H28N2O2Si.C12H30N2OSi.C6H12N2O2.C3H10N2O.CH3I.ClH/c1-11(2)20(12(3)4,13(5)6)19-14-9-16(7)15(18)17(8)10-14;1-9(2)18(10(3)4,11(5)6)17-12-7-14-13(16)15-8-12;1-9(2)16(10(3)4,11(5)6)15-12(7-13)8-14;1-7-3-5(9)4-8(2)6(7)10;4-1-3(6)2-5;1-2;/h11-14H,9-10H2,1-8H3;9-12H,7-8H2,1-6H3,(H2,14,15,16);9-12H,7-8,13-14H2,1-6H3;5,9H,3-4H2,1-2H3;3,6H,1-2,4-5H2;1H3;1H. The molecule has 0 atom stereocenters. The number of nitrogens with two attached hydrogens (primary N) is 4. The second-order valence-corrected chi connectivity index (χ2v) is 38.8. The van der Waals surface area contributed by atoms with Crippen molar-refractivity contribution in [1.82, 2.24) is 30.2 Å². The Balaban J connectivity index is -0.000000419. The number of carbonyl (C=O) groups is 3. The average molecular weight is 1230 g/mol. The van der Waals surface area contributed by atoms with Crippen molar-refractivity contribution >= 4 is 78.0 Å². The topological polar surface area (TPSA) is 260 Å². The number of β-amino-alcohol motifs (C(OH)–C–C–N with tert-alkyl or cyclic N) is 1. The third kappa shape index (κ3) is 24.4. The highest BCUT2D eigenvalue weighted by Crippen LogP contribution is 2.45. The zero-order chi connectivity index (χ0) is 57.2. The van der Waals surface area contributed by atoms with Crippen LogP contribution in [0.4, 0.5) is 14.4 Å². The van der Waals surface area contributed by atoms with Gasteiger partial charge in [-0.2, -0.15) is 0 Å². The lowest BCUT2D eigenvalue weighted by atomic mass is 10.3. The molecule has 3 aliphatic rings. The Morgan fingerprint density at radius 1 is 0.507 bits per heavy atom. The largest absolute Gasteiger partial charge is 0.411 e. The van der Waals surface area contributed by atoms with Crippen LogP contribution in [0.2, 0.25) is 49.9 Å². The molecule has 0 aromatic heterocycles. The molecule has 0 aromatic rings. The van der Waals surface area contributed by atoms with Gasteiger partial charge in [0, 0.05) is 93.6 Å². The van der Waals surface area contributed by atoms with Gasteiger partial charge < -0.3 is 76.7 Å². The Morgan fingerprint density at radius 3 is 1.00 bits per heavy atom. The molecule has 18 nitrogen and oxygen atoms in total. The van der Waals surface area contributed by atoms with Crippen molar-refractivity contribution in [3.8, 4) is 0 Å². The van der Waals surface area contributed by atoms with Gasteiger partial charge in [-0.3, -0.25) is 0 Å². The molecule has 6 amide bonds. The third-order valence-electron chi connectivity index (χ3n) is 14.5. The van der Waals surface area contributed by atoms with Crippen molar-refractivity contribution in [2.75, 3.05) is 98.6 Å². The van der Waals surface area contributed by atoms with E-state index in [0.29, 0.717) is 102 Å². The van der Waals surface area contributed by atoms with E-state index >= 15 is 0 Å². The van der Waals surface area contributed by atoms with Crippen LogP contribution in [-0.2, 0) is 13.3 Å². The van der Waals surface area contributed by atoms with E-state index in [1.165, 1.54) is 9.80 Å². The fourth-order valence-electron chi connectivity index (χ4n) is 11.3. The van der Waals surface area contributed by atoms with Crippen LogP contribution in [0.1, 0.15) is 125 Å². The summed E-state index contributed by atoms with van der Waals surface area (Å²) in [5.41, 5.74) is 26.6. The summed E-state index contributed by atoms with van der Waals surface area (Å²) >= 11 is 2.15. The molecule has 3 heterocycles. The normalized spacial score (nSPS) is 16.6. The summed E-state index contributed by atoms with van der Waals surface area (Å²) < 4.78 is 19.7. The number of rotatable bonds is 19. The minimum atomic E-state index is -1.86. The summed E-state index contributed by atoms with van der Waals surface area (Å²) in [6, 6.07) is -0.0122. The number of amides is 6. The second kappa shape index (κ2) is 38.6. The first-order chi connectivity index (χ1) is 33.2. The molecule has 0 saturated carbocycles. The number of halogens is 2. The van der Waals surface area contributed by atoms with Crippen LogP contribution in [0.25, 0.3) is 0 Å². The molecular formula is C50H116ClIN10O8Si3. The highest BCUT2D eigenvalue weighted by atomic mass is 127. The molecule has 0 bridgehead atoms. The van der Waals surface area contributed by atoms with Crippen LogP contribution >= 0.6 is 35.0 Å². The minimum absolute atomic E-state index is 0. The maximum Gasteiger partial charge on any atom is 0.319 e. The van der Waals surface area contributed by atoms with Gasteiger partial charge in [0.2, 0.25) is 25.0 Å². The zero-order valence-corrected chi connectivity index (χ0v) is 56.4. The predicted molar refractivity (Wildman–Crippen MR) is 326 cm³/mol. The van der Waals surface area contributed by atoms with Crippen LogP contribution in [0.15, 0.2) is 0 Å². The van der Waals surface area contributed by atoms with Crippen LogP contribution < -0.4 is 33.6 Å². The lowest BCUT2D eigenvalue weighted by Gasteiger charge is -2.47. The van der Waals surface area contributed by atoms with Crippen molar-refractivity contribution in [3.63, 3.8) is 0 Å². The predicted octanol–water partition coefficient (Wildman–Crippen LogP) is 7.95. The summed E-state index contributed by atoms with van der Waals surface area (Å²) in [6.45, 7) is 46.3. The summed E-state index contributed by atoms with van der Waals surface area (Å²) in [7, 11) is 1.60. The number of urea groups is 3. The summed E-state index contributed by atoms with van der Waals surface area (Å²) in [5, 5.41) is 23.2. The van der Waals surface area contributed by atoms with Crippen molar-refractivity contribution in [2.45, 2.75) is 205 Å². The van der Waals surface area contributed by atoms with Gasteiger partial charge in [-0.25, -0.2) is 14.4 Å². The Hall–Kier alpha value is -0.879. The molecule has 0 radical (unpaired) electrons. The SMILES string of the molecule is CC(C)[Si](OC(CN)CN)(C(C)C)C(C)C.CC(C)[Si](OC1CN(C)C(=O)N(C)C1)(C(C)C)C(C)C.CC(C)[Si](OC1CNC(=O)NC1)(C(C)C)C(C)C.CI.CN1CC(O)CN(C)C1=O.Cl.NCC(O)CN. The van der Waals surface area contributed by atoms with Gasteiger partial charge in [-0.05, 0) is 54.8 Å². The van der Waals surface area contributed by atoms with E-state index in [4.69, 9.17) is 46.4 Å². The molecular weight excluding hydrogens is 1120 g/mol. The van der Waals surface area contributed by atoms with E-state index in [2.05, 4.69) is 158 Å². The molecule has 3 fully saturated rings. The number of aliphatic hydroxyl groups is 2. The van der Waals surface area contributed by atoms with Gasteiger partial charge >= 0.3 is 18.1 Å². The molecule has 440 valence electrons. The highest BCUT2D eigenvalue weighted by Gasteiger charge is 2.49. The van der Waals surface area contributed by atoms with Crippen molar-refractivity contribution in [3.05, 3.63) is 0 Å². The van der Waals surface area contributed by atoms with E-state index in [-0.39, 0.29) is 61.9 Å². The van der Waals surface area contributed by atoms with E-state index in [1.807, 2.05) is 19.0 Å². The van der Waals surface area contributed by atoms with E-state index in [0.717, 1.165) is 0 Å². The van der Waals surface area contributed by atoms with Gasteiger partial charge in [0.25, 0.3) is 0 Å². The van der Waals surface area contributed by atoms with Crippen LogP contribution in [-0.4, -0.2) is 202 Å². The Kier molecular flexibility index (Phi) is 41.6. The van der Waals surface area contributed by atoms with E-state index in [1.54, 1.807) is 23.9 Å². The molecule has 3 rings (SSSR count). The number of carbonyl (C=O) groups excluding carboxylic acids is 3. The summed E-state index contributed by atoms with van der Waals surface area (Å²) in [4.78, 5) is 42.5. The molecule has 3 saturated heterocycles. The summed E-state index contributed by atoms with van der Waals surface area (Å²) in [5.74, 6) is 0. The lowest BCUT2D eigenvalue weighted by Crippen LogP contribution is -2.59. The molecule has 0 unspecified atom stereocenters. The number of likely N-dealkylation sites (N-methyl/N-ethyl adjacent to an activating group) is 4. The fraction of sp³-hybridized carbons (Fsp3) is 0.940. The van der Waals surface area contributed by atoms with Crippen LogP contribution in [0.3, 0.4) is 0 Å². The number of alkyl halides is 1. The van der Waals surface area contributed by atoms with Crippen molar-refractivity contribution in [1.29, 1.82) is 0 Å². The van der Waals surface area contributed by atoms with Crippen molar-refractivity contribution in [2.24, 2.45) is 22.9 Å². The molecule has 23 heteroatoms. The number of hydrogen-bond acceptors (Lipinski definition) is 12. The molecule has 0 spiro atoms. The maximum atomic E-state index is 11.8. The summed E-state index contributed by atoms with van der Waals surface area (Å²) in [6.07, 6.45) is -0.625. The first-order valence-electron chi connectivity index (χ1n) is 26.7. The number of nitrogens with zero attached hydrogens (tertiary/aromatic N) is 4. The number of nitrogens with one attached hydrogen (secondary N) is 2. The number of hydrogen-bond donors (Lipinski definition) is 8. The highest BCUT2D eigenvalue weighted by molar-refractivity contribution is 14.1. The van der Waals surface area contributed by atoms with Gasteiger partial charge in [0.05, 0.1) is 30.5 Å². The monoisotopic (exact) mass is 1230 g/mol. The molecule has 73 heavy (non-hydrogen) atoms. The first kappa shape index (κ1) is 78.6. The maximum absolute atomic E-state index is 11.8. The zero-order valence-electron chi connectivity index (χ0n) is 50.4. The van der Waals surface area contributed by atoms with Gasteiger partial charge in [0.1, 0.15) is 0 Å². The lowest BCUT2D eigenvalue weighted by molar-refractivity contribution is 0.0623. The smallest absolute Gasteiger partial charge is 0.319 e. The van der Waals surface area contributed by atoms with Crippen LogP contribution in [0, 0.1) is 0 Å². The van der Waals surface area contributed by atoms with E-state index in [9.17, 15) is 14.4 Å². The minimum Gasteiger partial charge on any atom is -0.411 e. The first-order valence-corrected chi connectivity index (χ1v) is 35.3. The molecule has 12 N–H and O–H groups in total. The van der Waals surface area contributed by atoms with Gasteiger partial charge in [0.15, 0.2) is 0 Å². The van der Waals surface area contributed by atoms with E-state index < -0.39 is 37.2 Å².